The van der Waals surface area contributed by atoms with Crippen LogP contribution in [0.5, 0.6) is 0 Å². The second-order valence-corrected chi connectivity index (χ2v) is 6.40. The van der Waals surface area contributed by atoms with Crippen LogP contribution >= 0.6 is 0 Å². The summed E-state index contributed by atoms with van der Waals surface area (Å²) in [6.45, 7) is 3.67. The van der Waals surface area contributed by atoms with Crippen LogP contribution in [0.4, 0.5) is 0 Å². The number of fused-ring (bicyclic) bond motifs is 1. The van der Waals surface area contributed by atoms with Crippen molar-refractivity contribution in [3.63, 3.8) is 0 Å². The molecule has 4 heteroatoms. The van der Waals surface area contributed by atoms with Crippen molar-refractivity contribution in [1.29, 1.82) is 0 Å². The van der Waals surface area contributed by atoms with E-state index >= 15 is 0 Å². The van der Waals surface area contributed by atoms with Crippen molar-refractivity contribution in [2.75, 3.05) is 33.7 Å². The van der Waals surface area contributed by atoms with Gasteiger partial charge in [-0.25, -0.2) is 0 Å². The number of benzene rings is 1. The fraction of sp³-hybridized carbons (Fsp3) is 0.588. The van der Waals surface area contributed by atoms with Crippen LogP contribution in [0.2, 0.25) is 0 Å². The van der Waals surface area contributed by atoms with Gasteiger partial charge in [0.15, 0.2) is 0 Å². The fourth-order valence-corrected chi connectivity index (χ4v) is 3.38. The highest BCUT2D eigenvalue weighted by atomic mass is 16.2. The van der Waals surface area contributed by atoms with Gasteiger partial charge in [0, 0.05) is 31.2 Å². The van der Waals surface area contributed by atoms with E-state index in [1.807, 2.05) is 11.0 Å². The van der Waals surface area contributed by atoms with Crippen molar-refractivity contribution < 1.29 is 4.79 Å². The Kier molecular flexibility index (Phi) is 4.27. The number of hydrogen-bond acceptors (Lipinski definition) is 3. The van der Waals surface area contributed by atoms with E-state index in [-0.39, 0.29) is 5.91 Å². The SMILES string of the molecule is CN(C)C1CCN(C(=O)c2ccc3c(c2)CNCC3)CC1. The number of nitrogens with zero attached hydrogens (tertiary/aromatic N) is 2. The molecule has 2 aliphatic heterocycles. The van der Waals surface area contributed by atoms with E-state index in [9.17, 15) is 4.79 Å². The number of carbonyl (C=O) groups is 1. The molecule has 114 valence electrons. The Hall–Kier alpha value is -1.39. The van der Waals surface area contributed by atoms with Crippen molar-refractivity contribution in [3.8, 4) is 0 Å². The smallest absolute Gasteiger partial charge is 0.253 e. The molecule has 1 fully saturated rings. The zero-order valence-corrected chi connectivity index (χ0v) is 13.1. The van der Waals surface area contributed by atoms with Gasteiger partial charge in [-0.1, -0.05) is 6.07 Å². The van der Waals surface area contributed by atoms with E-state index in [1.54, 1.807) is 0 Å². The first kappa shape index (κ1) is 14.5. The van der Waals surface area contributed by atoms with E-state index in [4.69, 9.17) is 0 Å². The van der Waals surface area contributed by atoms with E-state index in [1.165, 1.54) is 11.1 Å². The van der Waals surface area contributed by atoms with Crippen molar-refractivity contribution in [3.05, 3.63) is 34.9 Å². The normalized spacial score (nSPS) is 19.7. The highest BCUT2D eigenvalue weighted by Crippen LogP contribution is 2.20. The number of amides is 1. The first-order chi connectivity index (χ1) is 10.1. The van der Waals surface area contributed by atoms with Crippen LogP contribution in [-0.4, -0.2) is 55.5 Å². The minimum Gasteiger partial charge on any atom is -0.339 e. The van der Waals surface area contributed by atoms with Crippen molar-refractivity contribution >= 4 is 5.91 Å². The summed E-state index contributed by atoms with van der Waals surface area (Å²) < 4.78 is 0. The molecule has 0 radical (unpaired) electrons. The molecule has 0 atom stereocenters. The molecule has 1 saturated heterocycles. The van der Waals surface area contributed by atoms with Gasteiger partial charge >= 0.3 is 0 Å². The molecule has 0 unspecified atom stereocenters. The van der Waals surface area contributed by atoms with Gasteiger partial charge in [0.05, 0.1) is 0 Å². The van der Waals surface area contributed by atoms with Crippen LogP contribution < -0.4 is 5.32 Å². The predicted molar refractivity (Wildman–Crippen MR) is 84.5 cm³/mol. The van der Waals surface area contributed by atoms with Crippen molar-refractivity contribution in [2.45, 2.75) is 31.8 Å². The van der Waals surface area contributed by atoms with Crippen LogP contribution in [0, 0.1) is 0 Å². The van der Waals surface area contributed by atoms with E-state index in [0.717, 1.165) is 51.0 Å². The third kappa shape index (κ3) is 3.11. The van der Waals surface area contributed by atoms with Crippen LogP contribution in [-0.2, 0) is 13.0 Å². The quantitative estimate of drug-likeness (QED) is 0.895. The lowest BCUT2D eigenvalue weighted by atomic mass is 9.97. The average molecular weight is 287 g/mol. The summed E-state index contributed by atoms with van der Waals surface area (Å²) in [6.07, 6.45) is 3.22. The second kappa shape index (κ2) is 6.16. The zero-order valence-electron chi connectivity index (χ0n) is 13.1. The molecule has 1 N–H and O–H groups in total. The Bertz CT molecular complexity index is 519. The van der Waals surface area contributed by atoms with E-state index in [2.05, 4.69) is 36.4 Å². The molecule has 2 aliphatic rings. The molecule has 2 heterocycles. The van der Waals surface area contributed by atoms with Crippen LogP contribution in [0.15, 0.2) is 18.2 Å². The number of nitrogens with one attached hydrogen (secondary N) is 1. The minimum absolute atomic E-state index is 0.195. The molecule has 1 aromatic rings. The average Bonchev–Trinajstić information content (AvgIpc) is 2.54. The Labute approximate surface area is 127 Å². The third-order valence-electron chi connectivity index (χ3n) is 4.82. The minimum atomic E-state index is 0.195. The summed E-state index contributed by atoms with van der Waals surface area (Å²) in [5.74, 6) is 0.195. The summed E-state index contributed by atoms with van der Waals surface area (Å²) in [4.78, 5) is 16.9. The maximum absolute atomic E-state index is 12.7. The summed E-state index contributed by atoms with van der Waals surface area (Å²) in [7, 11) is 4.25. The monoisotopic (exact) mass is 287 g/mol. The molecule has 3 rings (SSSR count). The largest absolute Gasteiger partial charge is 0.339 e. The van der Waals surface area contributed by atoms with Gasteiger partial charge in [-0.15, -0.1) is 0 Å². The lowest BCUT2D eigenvalue weighted by molar-refractivity contribution is 0.0663. The van der Waals surface area contributed by atoms with Gasteiger partial charge in [-0.05, 0) is 63.2 Å². The number of hydrogen-bond donors (Lipinski definition) is 1. The highest BCUT2D eigenvalue weighted by Gasteiger charge is 2.25. The molecule has 4 nitrogen and oxygen atoms in total. The van der Waals surface area contributed by atoms with Gasteiger partial charge in [0.25, 0.3) is 5.91 Å². The molecule has 1 aromatic carbocycles. The molecule has 0 aliphatic carbocycles. The van der Waals surface area contributed by atoms with Crippen LogP contribution in [0.1, 0.15) is 34.3 Å². The predicted octanol–water partition coefficient (Wildman–Crippen LogP) is 1.50. The molecule has 0 bridgehead atoms. The first-order valence-corrected chi connectivity index (χ1v) is 7.93. The topological polar surface area (TPSA) is 35.6 Å². The summed E-state index contributed by atoms with van der Waals surface area (Å²) in [5, 5.41) is 3.37. The first-order valence-electron chi connectivity index (χ1n) is 7.93. The molecular formula is C17H25N3O. The maximum atomic E-state index is 12.7. The zero-order chi connectivity index (χ0) is 14.8. The van der Waals surface area contributed by atoms with E-state index < -0.39 is 0 Å². The Morgan fingerprint density at radius 1 is 1.24 bits per heavy atom. The van der Waals surface area contributed by atoms with Gasteiger partial charge in [-0.3, -0.25) is 4.79 Å². The van der Waals surface area contributed by atoms with Crippen LogP contribution in [0.3, 0.4) is 0 Å². The molecule has 0 aromatic heterocycles. The molecule has 21 heavy (non-hydrogen) atoms. The van der Waals surface area contributed by atoms with Crippen LogP contribution in [0.25, 0.3) is 0 Å². The summed E-state index contributed by atoms with van der Waals surface area (Å²) >= 11 is 0. The van der Waals surface area contributed by atoms with Crippen molar-refractivity contribution in [1.82, 2.24) is 15.1 Å². The lowest BCUT2D eigenvalue weighted by Gasteiger charge is -2.35. The third-order valence-corrected chi connectivity index (χ3v) is 4.82. The Morgan fingerprint density at radius 2 is 2.00 bits per heavy atom. The Balaban J connectivity index is 1.68. The number of rotatable bonds is 2. The molecular weight excluding hydrogens is 262 g/mol. The van der Waals surface area contributed by atoms with Gasteiger partial charge in [-0.2, -0.15) is 0 Å². The summed E-state index contributed by atoms with van der Waals surface area (Å²) in [5.41, 5.74) is 3.52. The van der Waals surface area contributed by atoms with Gasteiger partial charge < -0.3 is 15.1 Å². The molecule has 0 spiro atoms. The number of likely N-dealkylation sites (tertiary alicyclic amines) is 1. The van der Waals surface area contributed by atoms with E-state index in [0.29, 0.717) is 6.04 Å². The molecule has 1 amide bonds. The highest BCUT2D eigenvalue weighted by molar-refractivity contribution is 5.94. The number of carbonyl (C=O) groups excluding carboxylic acids is 1. The fourth-order valence-electron chi connectivity index (χ4n) is 3.38. The number of piperidine rings is 1. The Morgan fingerprint density at radius 3 is 2.71 bits per heavy atom. The van der Waals surface area contributed by atoms with Crippen molar-refractivity contribution in [2.24, 2.45) is 0 Å². The standard InChI is InChI=1S/C17H25N3O/c1-19(2)16-6-9-20(10-7-16)17(21)14-4-3-13-5-8-18-12-15(13)11-14/h3-4,11,16,18H,5-10,12H2,1-2H3. The van der Waals surface area contributed by atoms with Gasteiger partial charge in [0.2, 0.25) is 0 Å². The second-order valence-electron chi connectivity index (χ2n) is 6.40. The lowest BCUT2D eigenvalue weighted by Crippen LogP contribution is -2.44. The summed E-state index contributed by atoms with van der Waals surface area (Å²) in [6, 6.07) is 6.84. The van der Waals surface area contributed by atoms with Gasteiger partial charge in [0.1, 0.15) is 0 Å². The molecule has 0 saturated carbocycles. The maximum Gasteiger partial charge on any atom is 0.253 e.